The first-order valence-corrected chi connectivity index (χ1v) is 7.29. The van der Waals surface area contributed by atoms with Crippen LogP contribution in [0.1, 0.15) is 26.2 Å². The number of hydrogen-bond donors (Lipinski definition) is 1. The monoisotopic (exact) mass is 266 g/mol. The highest BCUT2D eigenvalue weighted by Gasteiger charge is 2.18. The fraction of sp³-hybridized carbons (Fsp3) is 0.389. The molecule has 1 aliphatic carbocycles. The molecule has 2 rings (SSSR count). The third kappa shape index (κ3) is 3.30. The summed E-state index contributed by atoms with van der Waals surface area (Å²) in [5.41, 5.74) is 3.08. The highest BCUT2D eigenvalue weighted by molar-refractivity contribution is 5.55. The van der Waals surface area contributed by atoms with E-state index in [-0.39, 0.29) is 0 Å². The van der Waals surface area contributed by atoms with Crippen molar-refractivity contribution in [1.29, 1.82) is 5.26 Å². The highest BCUT2D eigenvalue weighted by atomic mass is 14.8. The lowest BCUT2D eigenvalue weighted by molar-refractivity contribution is 0.404. The number of allylic oxidation sites excluding steroid dienone is 7. The number of nitrogens with zero attached hydrogens (tertiary/aromatic N) is 1. The van der Waals surface area contributed by atoms with E-state index in [2.05, 4.69) is 43.1 Å². The van der Waals surface area contributed by atoms with Crippen LogP contribution in [-0.4, -0.2) is 6.54 Å². The van der Waals surface area contributed by atoms with Crippen LogP contribution < -0.4 is 5.32 Å². The van der Waals surface area contributed by atoms with Crippen molar-refractivity contribution in [2.24, 2.45) is 11.8 Å². The molecule has 0 radical (unpaired) electrons. The lowest BCUT2D eigenvalue weighted by atomic mass is 9.82. The van der Waals surface area contributed by atoms with Crippen molar-refractivity contribution in [3.8, 4) is 6.07 Å². The molecule has 1 aliphatic heterocycles. The van der Waals surface area contributed by atoms with E-state index in [1.807, 2.05) is 18.4 Å². The summed E-state index contributed by atoms with van der Waals surface area (Å²) in [5, 5.41) is 12.3. The van der Waals surface area contributed by atoms with Crippen LogP contribution in [0.2, 0.25) is 0 Å². The normalized spacial score (nSPS) is 22.8. The van der Waals surface area contributed by atoms with E-state index in [9.17, 15) is 5.26 Å². The Bertz CT molecular complexity index is 526. The Morgan fingerprint density at radius 1 is 1.55 bits per heavy atom. The first kappa shape index (κ1) is 14.4. The van der Waals surface area contributed by atoms with Gasteiger partial charge in [0, 0.05) is 0 Å². The molecule has 0 aromatic heterocycles. The molecule has 0 spiro atoms. The van der Waals surface area contributed by atoms with Crippen molar-refractivity contribution < 1.29 is 0 Å². The summed E-state index contributed by atoms with van der Waals surface area (Å²) in [5.74, 6) is 1.28. The maximum Gasteiger partial charge on any atom is 0.0972 e. The lowest BCUT2D eigenvalue weighted by Gasteiger charge is -2.23. The molecule has 2 heteroatoms. The molecule has 0 amide bonds. The van der Waals surface area contributed by atoms with Gasteiger partial charge in [-0.2, -0.15) is 5.26 Å². The smallest absolute Gasteiger partial charge is 0.0972 e. The van der Waals surface area contributed by atoms with Crippen LogP contribution in [0.3, 0.4) is 0 Å². The molecule has 2 atom stereocenters. The van der Waals surface area contributed by atoms with Gasteiger partial charge >= 0.3 is 0 Å². The third-order valence-electron chi connectivity index (χ3n) is 4.11. The molecular formula is C18H22N2. The topological polar surface area (TPSA) is 35.8 Å². The van der Waals surface area contributed by atoms with Gasteiger partial charge in [0.25, 0.3) is 0 Å². The predicted octanol–water partition coefficient (Wildman–Crippen LogP) is 4.03. The Morgan fingerprint density at radius 3 is 3.05 bits per heavy atom. The number of rotatable bonds is 5. The molecule has 1 heterocycles. The molecule has 20 heavy (non-hydrogen) atoms. The minimum atomic E-state index is 0.607. The van der Waals surface area contributed by atoms with Crippen LogP contribution in [-0.2, 0) is 0 Å². The summed E-state index contributed by atoms with van der Waals surface area (Å²) in [4.78, 5) is 0. The second-order valence-electron chi connectivity index (χ2n) is 5.48. The van der Waals surface area contributed by atoms with Gasteiger partial charge in [0.05, 0.1) is 18.2 Å². The predicted molar refractivity (Wildman–Crippen MR) is 83.7 cm³/mol. The molecular weight excluding hydrogens is 244 g/mol. The Labute approximate surface area is 121 Å². The first-order valence-electron chi connectivity index (χ1n) is 7.29. The van der Waals surface area contributed by atoms with E-state index in [4.69, 9.17) is 0 Å². The minimum absolute atomic E-state index is 0.607. The van der Waals surface area contributed by atoms with Gasteiger partial charge in [-0.05, 0) is 54.5 Å². The second-order valence-corrected chi connectivity index (χ2v) is 5.48. The van der Waals surface area contributed by atoms with E-state index in [0.29, 0.717) is 18.4 Å². The molecule has 2 nitrogen and oxygen atoms in total. The fourth-order valence-electron chi connectivity index (χ4n) is 2.72. The molecule has 0 aromatic rings. The Balaban J connectivity index is 2.05. The highest BCUT2D eigenvalue weighted by Crippen LogP contribution is 2.30. The summed E-state index contributed by atoms with van der Waals surface area (Å²) in [6.07, 6.45) is 16.0. The van der Waals surface area contributed by atoms with Crippen molar-refractivity contribution in [3.05, 3.63) is 59.9 Å². The van der Waals surface area contributed by atoms with E-state index in [1.54, 1.807) is 0 Å². The average Bonchev–Trinajstić information content (AvgIpc) is 2.52. The van der Waals surface area contributed by atoms with Crippen molar-refractivity contribution in [2.75, 3.05) is 6.54 Å². The SMILES string of the molecule is C=CCCC(C)C1C=CC(C2=C(C#N)CNC=C2)=CC1. The van der Waals surface area contributed by atoms with Gasteiger partial charge < -0.3 is 5.32 Å². The van der Waals surface area contributed by atoms with E-state index < -0.39 is 0 Å². The van der Waals surface area contributed by atoms with Gasteiger partial charge in [-0.25, -0.2) is 0 Å². The van der Waals surface area contributed by atoms with Crippen molar-refractivity contribution in [2.45, 2.75) is 26.2 Å². The van der Waals surface area contributed by atoms with Crippen molar-refractivity contribution in [1.82, 2.24) is 5.32 Å². The molecule has 0 saturated carbocycles. The van der Waals surface area contributed by atoms with Gasteiger partial charge in [0.15, 0.2) is 0 Å². The fourth-order valence-corrected chi connectivity index (χ4v) is 2.72. The molecule has 2 aliphatic rings. The van der Waals surface area contributed by atoms with Crippen molar-refractivity contribution >= 4 is 0 Å². The zero-order valence-corrected chi connectivity index (χ0v) is 12.1. The quantitative estimate of drug-likeness (QED) is 0.763. The van der Waals surface area contributed by atoms with Gasteiger partial charge in [0.1, 0.15) is 0 Å². The zero-order chi connectivity index (χ0) is 14.4. The van der Waals surface area contributed by atoms with E-state index >= 15 is 0 Å². The molecule has 2 unspecified atom stereocenters. The van der Waals surface area contributed by atoms with Crippen LogP contribution in [0.4, 0.5) is 0 Å². The van der Waals surface area contributed by atoms with Crippen molar-refractivity contribution in [3.63, 3.8) is 0 Å². The van der Waals surface area contributed by atoms with E-state index in [0.717, 1.165) is 24.0 Å². The number of hydrogen-bond acceptors (Lipinski definition) is 2. The summed E-state index contributed by atoms with van der Waals surface area (Å²) in [6.45, 7) is 6.73. The Kier molecular flexibility index (Phi) is 5.01. The first-order chi connectivity index (χ1) is 9.76. The molecule has 0 fully saturated rings. The summed E-state index contributed by atoms with van der Waals surface area (Å²) in [6, 6.07) is 2.29. The summed E-state index contributed by atoms with van der Waals surface area (Å²) in [7, 11) is 0. The molecule has 0 aromatic carbocycles. The maximum atomic E-state index is 9.19. The Morgan fingerprint density at radius 2 is 2.40 bits per heavy atom. The molecule has 1 N–H and O–H groups in total. The summed E-state index contributed by atoms with van der Waals surface area (Å²) >= 11 is 0. The minimum Gasteiger partial charge on any atom is -0.386 e. The van der Waals surface area contributed by atoms with Crippen LogP contribution in [0.15, 0.2) is 59.9 Å². The lowest BCUT2D eigenvalue weighted by Crippen LogP contribution is -2.16. The van der Waals surface area contributed by atoms with Gasteiger partial charge in [-0.15, -0.1) is 6.58 Å². The number of nitriles is 1. The zero-order valence-electron chi connectivity index (χ0n) is 12.1. The van der Waals surface area contributed by atoms with Crippen LogP contribution >= 0.6 is 0 Å². The van der Waals surface area contributed by atoms with Crippen LogP contribution in [0, 0.1) is 23.2 Å². The van der Waals surface area contributed by atoms with E-state index in [1.165, 1.54) is 12.0 Å². The standard InChI is InChI=1S/C18H22N2/c1-3-4-5-14(2)15-6-8-16(9-7-15)18-10-11-20-13-17(18)12-19/h3,6,8-11,14-15,20H,1,4-5,7,13H2,2H3. The molecule has 104 valence electrons. The van der Waals surface area contributed by atoms with Crippen LogP contribution in [0.5, 0.6) is 0 Å². The number of nitrogens with one attached hydrogen (secondary N) is 1. The Hall–Kier alpha value is -2.01. The average molecular weight is 266 g/mol. The molecule has 0 saturated heterocycles. The molecule has 0 bridgehead atoms. The third-order valence-corrected chi connectivity index (χ3v) is 4.11. The van der Waals surface area contributed by atoms with Gasteiger partial charge in [-0.3, -0.25) is 0 Å². The maximum absolute atomic E-state index is 9.19. The number of dihydropyridines is 1. The summed E-state index contributed by atoms with van der Waals surface area (Å²) < 4.78 is 0. The van der Waals surface area contributed by atoms with Gasteiger partial charge in [-0.1, -0.05) is 31.2 Å². The second kappa shape index (κ2) is 6.96. The van der Waals surface area contributed by atoms with Gasteiger partial charge in [0.2, 0.25) is 0 Å². The largest absolute Gasteiger partial charge is 0.386 e. The van der Waals surface area contributed by atoms with Crippen LogP contribution in [0.25, 0.3) is 0 Å².